The number of nitrogens with zero attached hydrogens (tertiary/aromatic N) is 1. The standard InChI is InChI=1S/C30H43N3O4S/c1-29(2,3)27(34)32-26-18-24(38-20-22-8-10-23(36-7)11-9-22)12-13-25(26)31-19-21-14-16-33(17-15-21)28(35)37-30(4,5)6/h8-13,18,21,31H,14-17,19-20H2,1-7H3,(H,32,34). The highest BCUT2D eigenvalue weighted by Crippen LogP contribution is 2.32. The summed E-state index contributed by atoms with van der Waals surface area (Å²) in [6, 6.07) is 14.3. The molecule has 0 atom stereocenters. The molecule has 0 spiro atoms. The summed E-state index contributed by atoms with van der Waals surface area (Å²) >= 11 is 1.73. The summed E-state index contributed by atoms with van der Waals surface area (Å²) in [5.74, 6) is 2.07. The maximum atomic E-state index is 12.8. The summed E-state index contributed by atoms with van der Waals surface area (Å²) in [5.41, 5.74) is 1.92. The third-order valence-corrected chi connectivity index (χ3v) is 7.40. The molecule has 8 heteroatoms. The number of benzene rings is 2. The number of hydrogen-bond acceptors (Lipinski definition) is 6. The molecule has 0 unspecified atom stereocenters. The van der Waals surface area contributed by atoms with Crippen molar-refractivity contribution < 1.29 is 19.1 Å². The van der Waals surface area contributed by atoms with Crippen LogP contribution >= 0.6 is 11.8 Å². The number of hydrogen-bond donors (Lipinski definition) is 2. The zero-order valence-corrected chi connectivity index (χ0v) is 24.7. The molecule has 0 aliphatic carbocycles. The van der Waals surface area contributed by atoms with Crippen molar-refractivity contribution in [3.63, 3.8) is 0 Å². The molecule has 38 heavy (non-hydrogen) atoms. The van der Waals surface area contributed by atoms with Crippen molar-refractivity contribution in [1.82, 2.24) is 4.90 Å². The van der Waals surface area contributed by atoms with Gasteiger partial charge in [0.1, 0.15) is 11.4 Å². The summed E-state index contributed by atoms with van der Waals surface area (Å²) in [6.07, 6.45) is 1.58. The van der Waals surface area contributed by atoms with Gasteiger partial charge in [-0.2, -0.15) is 0 Å². The van der Waals surface area contributed by atoms with Crippen LogP contribution in [0.25, 0.3) is 0 Å². The minimum Gasteiger partial charge on any atom is -0.497 e. The molecule has 1 saturated heterocycles. The monoisotopic (exact) mass is 541 g/mol. The van der Waals surface area contributed by atoms with E-state index in [9.17, 15) is 9.59 Å². The Labute approximate surface area is 232 Å². The molecule has 2 aromatic carbocycles. The highest BCUT2D eigenvalue weighted by Gasteiger charge is 2.27. The maximum Gasteiger partial charge on any atom is 0.410 e. The number of amides is 2. The minimum absolute atomic E-state index is 0.0245. The van der Waals surface area contributed by atoms with E-state index in [2.05, 4.69) is 28.8 Å². The van der Waals surface area contributed by atoms with Crippen molar-refractivity contribution in [2.24, 2.45) is 11.3 Å². The summed E-state index contributed by atoms with van der Waals surface area (Å²) in [6.45, 7) is 13.6. The van der Waals surface area contributed by atoms with Crippen molar-refractivity contribution in [3.05, 3.63) is 48.0 Å². The lowest BCUT2D eigenvalue weighted by molar-refractivity contribution is -0.123. The normalized spacial score (nSPS) is 14.7. The van der Waals surface area contributed by atoms with E-state index >= 15 is 0 Å². The lowest BCUT2D eigenvalue weighted by atomic mass is 9.95. The molecule has 2 N–H and O–H groups in total. The van der Waals surface area contributed by atoms with Gasteiger partial charge in [0.25, 0.3) is 0 Å². The number of likely N-dealkylation sites (tertiary alicyclic amines) is 1. The van der Waals surface area contributed by atoms with Gasteiger partial charge in [0.05, 0.1) is 18.5 Å². The second kappa shape index (κ2) is 12.8. The average molecular weight is 542 g/mol. The highest BCUT2D eigenvalue weighted by molar-refractivity contribution is 7.98. The second-order valence-electron chi connectivity index (χ2n) is 11.8. The van der Waals surface area contributed by atoms with Gasteiger partial charge in [0.2, 0.25) is 5.91 Å². The van der Waals surface area contributed by atoms with Gasteiger partial charge < -0.3 is 25.0 Å². The summed E-state index contributed by atoms with van der Waals surface area (Å²) in [7, 11) is 1.67. The number of ether oxygens (including phenoxy) is 2. The third-order valence-electron chi connectivity index (χ3n) is 6.33. The molecule has 208 valence electrons. The Hall–Kier alpha value is -2.87. The number of nitrogens with one attached hydrogen (secondary N) is 2. The molecule has 1 aliphatic heterocycles. The van der Waals surface area contributed by atoms with E-state index in [1.807, 2.05) is 65.8 Å². The van der Waals surface area contributed by atoms with Crippen LogP contribution in [0.5, 0.6) is 5.75 Å². The zero-order chi connectivity index (χ0) is 27.9. The average Bonchev–Trinajstić information content (AvgIpc) is 2.86. The van der Waals surface area contributed by atoms with Crippen LogP contribution in [0, 0.1) is 11.3 Å². The van der Waals surface area contributed by atoms with E-state index in [1.54, 1.807) is 23.8 Å². The van der Waals surface area contributed by atoms with Crippen LogP contribution in [-0.4, -0.2) is 49.2 Å². The first-order valence-corrected chi connectivity index (χ1v) is 14.3. The van der Waals surface area contributed by atoms with Crippen LogP contribution in [0.2, 0.25) is 0 Å². The van der Waals surface area contributed by atoms with Gasteiger partial charge in [-0.1, -0.05) is 32.9 Å². The van der Waals surface area contributed by atoms with Gasteiger partial charge in [0.15, 0.2) is 0 Å². The fraction of sp³-hybridized carbons (Fsp3) is 0.533. The van der Waals surface area contributed by atoms with Crippen LogP contribution in [0.4, 0.5) is 16.2 Å². The Kier molecular flexibility index (Phi) is 9.99. The van der Waals surface area contributed by atoms with Gasteiger partial charge in [-0.05, 0) is 75.4 Å². The van der Waals surface area contributed by atoms with Gasteiger partial charge >= 0.3 is 6.09 Å². The number of rotatable bonds is 8. The van der Waals surface area contributed by atoms with Crippen LogP contribution in [0.1, 0.15) is 59.9 Å². The Morgan fingerprint density at radius 1 is 0.974 bits per heavy atom. The van der Waals surface area contributed by atoms with Crippen LogP contribution in [-0.2, 0) is 15.3 Å². The summed E-state index contributed by atoms with van der Waals surface area (Å²) < 4.78 is 10.8. The molecule has 1 aliphatic rings. The van der Waals surface area contributed by atoms with E-state index in [0.29, 0.717) is 19.0 Å². The summed E-state index contributed by atoms with van der Waals surface area (Å²) in [4.78, 5) is 28.1. The number of carbonyl (C=O) groups is 2. The lowest BCUT2D eigenvalue weighted by Gasteiger charge is -2.33. The van der Waals surface area contributed by atoms with E-state index in [1.165, 1.54) is 5.56 Å². The third kappa shape index (κ3) is 9.15. The van der Waals surface area contributed by atoms with Gasteiger partial charge in [0, 0.05) is 35.7 Å². The minimum atomic E-state index is -0.502. The predicted molar refractivity (Wildman–Crippen MR) is 156 cm³/mol. The molecular weight excluding hydrogens is 498 g/mol. The van der Waals surface area contributed by atoms with E-state index < -0.39 is 11.0 Å². The molecular formula is C30H43N3O4S. The Morgan fingerprint density at radius 2 is 1.63 bits per heavy atom. The number of methoxy groups -OCH3 is 1. The summed E-state index contributed by atoms with van der Waals surface area (Å²) in [5, 5.41) is 6.70. The topological polar surface area (TPSA) is 79.9 Å². The second-order valence-corrected chi connectivity index (χ2v) is 12.9. The zero-order valence-electron chi connectivity index (χ0n) is 23.8. The number of thioether (sulfide) groups is 1. The number of piperidine rings is 1. The van der Waals surface area contributed by atoms with Gasteiger partial charge in [-0.3, -0.25) is 4.79 Å². The van der Waals surface area contributed by atoms with Gasteiger partial charge in [-0.25, -0.2) is 4.79 Å². The van der Waals surface area contributed by atoms with Crippen molar-refractivity contribution in [2.45, 2.75) is 70.6 Å². The quantitative estimate of drug-likeness (QED) is 0.349. The smallest absolute Gasteiger partial charge is 0.410 e. The fourth-order valence-corrected chi connectivity index (χ4v) is 4.86. The van der Waals surface area contributed by atoms with Crippen LogP contribution in [0.15, 0.2) is 47.4 Å². The molecule has 1 fully saturated rings. The van der Waals surface area contributed by atoms with Crippen molar-refractivity contribution in [1.29, 1.82) is 0 Å². The SMILES string of the molecule is COc1ccc(CSc2ccc(NCC3CCN(C(=O)OC(C)(C)C)CC3)c(NC(=O)C(C)(C)C)c2)cc1. The first kappa shape index (κ1) is 29.7. The molecule has 0 radical (unpaired) electrons. The highest BCUT2D eigenvalue weighted by atomic mass is 32.2. The molecule has 0 bridgehead atoms. The first-order chi connectivity index (χ1) is 17.8. The largest absolute Gasteiger partial charge is 0.497 e. The maximum absolute atomic E-state index is 12.8. The molecule has 0 aromatic heterocycles. The van der Waals surface area contributed by atoms with E-state index in [4.69, 9.17) is 9.47 Å². The molecule has 2 aromatic rings. The van der Waals surface area contributed by atoms with Crippen LogP contribution < -0.4 is 15.4 Å². The molecule has 3 rings (SSSR count). The van der Waals surface area contributed by atoms with Crippen LogP contribution in [0.3, 0.4) is 0 Å². The number of anilines is 2. The number of carbonyl (C=O) groups excluding carboxylic acids is 2. The predicted octanol–water partition coefficient (Wildman–Crippen LogP) is 7.03. The Morgan fingerprint density at radius 3 is 2.21 bits per heavy atom. The molecule has 1 heterocycles. The Balaban J connectivity index is 1.62. The first-order valence-electron chi connectivity index (χ1n) is 13.3. The Bertz CT molecular complexity index is 1080. The van der Waals surface area contributed by atoms with E-state index in [0.717, 1.165) is 47.2 Å². The molecule has 0 saturated carbocycles. The molecule has 7 nitrogen and oxygen atoms in total. The van der Waals surface area contributed by atoms with Crippen molar-refractivity contribution >= 4 is 35.1 Å². The van der Waals surface area contributed by atoms with Gasteiger partial charge in [-0.15, -0.1) is 11.8 Å². The fourth-order valence-electron chi connectivity index (χ4n) is 3.97. The lowest BCUT2D eigenvalue weighted by Crippen LogP contribution is -2.42. The molecule has 2 amide bonds. The van der Waals surface area contributed by atoms with Crippen molar-refractivity contribution in [2.75, 3.05) is 37.4 Å². The van der Waals surface area contributed by atoms with Crippen molar-refractivity contribution in [3.8, 4) is 5.75 Å². The van der Waals surface area contributed by atoms with E-state index in [-0.39, 0.29) is 12.0 Å².